The fourth-order valence-corrected chi connectivity index (χ4v) is 3.81. The molecular weight excluding hydrogens is 366 g/mol. The van der Waals surface area contributed by atoms with Gasteiger partial charge in [-0.15, -0.1) is 0 Å². The third kappa shape index (κ3) is 6.63. The number of hydrogen-bond donors (Lipinski definition) is 2. The van der Waals surface area contributed by atoms with Crippen molar-refractivity contribution < 1.29 is 14.7 Å². The van der Waals surface area contributed by atoms with Gasteiger partial charge in [0.25, 0.3) is 0 Å². The molecule has 6 heteroatoms. The summed E-state index contributed by atoms with van der Waals surface area (Å²) in [6.45, 7) is 6.43. The minimum absolute atomic E-state index is 0.0254. The summed E-state index contributed by atoms with van der Waals surface area (Å²) in [6.07, 6.45) is 6.35. The van der Waals surface area contributed by atoms with Gasteiger partial charge in [-0.3, -0.25) is 19.4 Å². The molecule has 0 atom stereocenters. The second-order valence-corrected chi connectivity index (χ2v) is 7.70. The highest BCUT2D eigenvalue weighted by Crippen LogP contribution is 2.24. The summed E-state index contributed by atoms with van der Waals surface area (Å²) >= 11 is 0. The molecule has 6 nitrogen and oxygen atoms in total. The van der Waals surface area contributed by atoms with Crippen LogP contribution in [0.5, 0.6) is 0 Å². The van der Waals surface area contributed by atoms with Crippen molar-refractivity contribution >= 4 is 17.6 Å². The molecule has 156 valence electrons. The number of carbonyl (C=O) groups is 2. The first-order chi connectivity index (χ1) is 14.2. The average Bonchev–Trinajstić information content (AvgIpc) is 2.73. The zero-order valence-corrected chi connectivity index (χ0v) is 16.9. The molecular formula is C23H31N3O3. The van der Waals surface area contributed by atoms with Crippen LogP contribution >= 0.6 is 0 Å². The van der Waals surface area contributed by atoms with E-state index in [1.807, 2.05) is 42.5 Å². The topological polar surface area (TPSA) is 72.9 Å². The van der Waals surface area contributed by atoms with E-state index in [1.54, 1.807) is 6.20 Å². The minimum Gasteiger partial charge on any atom is -0.395 e. The Kier molecular flexibility index (Phi) is 8.16. The van der Waals surface area contributed by atoms with Crippen LogP contribution in [0.2, 0.25) is 0 Å². The number of nitrogens with one attached hydrogen (secondary N) is 1. The zero-order valence-electron chi connectivity index (χ0n) is 16.9. The number of Topliss-reactive ketones (excluding diaryl/α,β-unsaturated/α-hetero) is 2. The SMILES string of the molecule is O=C1CC(/C=C/c2ccccc2)CC(=O)C1=CNCCN1CCN(CCO)CC1. The van der Waals surface area contributed by atoms with Crippen molar-refractivity contribution in [3.05, 3.63) is 53.7 Å². The molecule has 0 unspecified atom stereocenters. The lowest BCUT2D eigenvalue weighted by molar-refractivity contribution is -0.124. The summed E-state index contributed by atoms with van der Waals surface area (Å²) in [7, 11) is 0. The number of aliphatic hydroxyl groups is 1. The fourth-order valence-electron chi connectivity index (χ4n) is 3.81. The van der Waals surface area contributed by atoms with Gasteiger partial charge in [0, 0.05) is 64.9 Å². The lowest BCUT2D eigenvalue weighted by Gasteiger charge is -2.34. The standard InChI is InChI=1S/C23H31N3O3/c27-15-14-26-12-10-25(11-13-26)9-8-24-18-21-22(28)16-20(17-23(21)29)7-6-19-4-2-1-3-5-19/h1-7,18,20,24,27H,8-17H2/b7-6+,21-18?. The van der Waals surface area contributed by atoms with E-state index in [0.29, 0.717) is 25.0 Å². The lowest BCUT2D eigenvalue weighted by atomic mass is 9.84. The Labute approximate surface area is 172 Å². The summed E-state index contributed by atoms with van der Waals surface area (Å²) in [6, 6.07) is 9.92. The van der Waals surface area contributed by atoms with Crippen LogP contribution in [0.1, 0.15) is 18.4 Å². The fraction of sp³-hybridized carbons (Fsp3) is 0.478. The number of hydrogen-bond acceptors (Lipinski definition) is 6. The molecule has 0 bridgehead atoms. The van der Waals surface area contributed by atoms with Crippen molar-refractivity contribution in [1.82, 2.24) is 15.1 Å². The number of rotatable bonds is 8. The second-order valence-electron chi connectivity index (χ2n) is 7.70. The van der Waals surface area contributed by atoms with Gasteiger partial charge in [-0.2, -0.15) is 0 Å². The Morgan fingerprint density at radius 1 is 0.966 bits per heavy atom. The Morgan fingerprint density at radius 2 is 1.59 bits per heavy atom. The number of benzene rings is 1. The molecule has 0 amide bonds. The van der Waals surface area contributed by atoms with Gasteiger partial charge in [0.2, 0.25) is 0 Å². The van der Waals surface area contributed by atoms with Crippen molar-refractivity contribution in [2.75, 3.05) is 52.4 Å². The third-order valence-corrected chi connectivity index (χ3v) is 5.56. The molecule has 2 aliphatic rings. The number of aliphatic hydroxyl groups excluding tert-OH is 1. The van der Waals surface area contributed by atoms with Crippen molar-refractivity contribution in [2.24, 2.45) is 5.92 Å². The van der Waals surface area contributed by atoms with Crippen LogP contribution in [0.3, 0.4) is 0 Å². The van der Waals surface area contributed by atoms with E-state index in [-0.39, 0.29) is 24.1 Å². The molecule has 3 rings (SSSR count). The number of carbonyl (C=O) groups excluding carboxylic acids is 2. The maximum atomic E-state index is 12.4. The maximum Gasteiger partial charge on any atom is 0.168 e. The largest absolute Gasteiger partial charge is 0.395 e. The van der Waals surface area contributed by atoms with Gasteiger partial charge in [-0.05, 0) is 11.5 Å². The quantitative estimate of drug-likeness (QED) is 0.392. The molecule has 1 aliphatic heterocycles. The summed E-state index contributed by atoms with van der Waals surface area (Å²) in [4.78, 5) is 29.5. The molecule has 1 saturated carbocycles. The number of piperazine rings is 1. The number of nitrogens with zero attached hydrogens (tertiary/aromatic N) is 2. The van der Waals surface area contributed by atoms with Crippen LogP contribution in [-0.2, 0) is 9.59 Å². The lowest BCUT2D eigenvalue weighted by Crippen LogP contribution is -2.48. The van der Waals surface area contributed by atoms with Gasteiger partial charge in [0.1, 0.15) is 0 Å². The molecule has 2 fully saturated rings. The second kappa shape index (κ2) is 11.0. The van der Waals surface area contributed by atoms with Gasteiger partial charge in [-0.25, -0.2) is 0 Å². The highest BCUT2D eigenvalue weighted by Gasteiger charge is 2.29. The summed E-state index contributed by atoms with van der Waals surface area (Å²) < 4.78 is 0. The van der Waals surface area contributed by atoms with Crippen molar-refractivity contribution in [3.63, 3.8) is 0 Å². The predicted molar refractivity (Wildman–Crippen MR) is 114 cm³/mol. The molecule has 0 radical (unpaired) electrons. The van der Waals surface area contributed by atoms with E-state index in [9.17, 15) is 9.59 Å². The minimum atomic E-state index is -0.0749. The molecule has 0 aromatic heterocycles. The van der Waals surface area contributed by atoms with Crippen LogP contribution in [0, 0.1) is 5.92 Å². The first kappa shape index (κ1) is 21.4. The number of allylic oxidation sites excluding steroid dienone is 2. The van der Waals surface area contributed by atoms with Gasteiger partial charge in [0.15, 0.2) is 11.6 Å². The molecule has 0 spiro atoms. The number of β-amino-alcohol motifs (C(OH)–C–C–N with tert-alkyl or cyclic N) is 1. The summed E-state index contributed by atoms with van der Waals surface area (Å²) in [5, 5.41) is 12.1. The van der Waals surface area contributed by atoms with Crippen LogP contribution in [0.4, 0.5) is 0 Å². The van der Waals surface area contributed by atoms with E-state index in [2.05, 4.69) is 15.1 Å². The van der Waals surface area contributed by atoms with Crippen LogP contribution < -0.4 is 5.32 Å². The Morgan fingerprint density at radius 3 is 2.21 bits per heavy atom. The maximum absolute atomic E-state index is 12.4. The summed E-state index contributed by atoms with van der Waals surface area (Å²) in [5.41, 5.74) is 1.38. The van der Waals surface area contributed by atoms with Crippen molar-refractivity contribution in [3.8, 4) is 0 Å². The van der Waals surface area contributed by atoms with Gasteiger partial charge < -0.3 is 10.4 Å². The normalized spacial score (nSPS) is 21.7. The van der Waals surface area contributed by atoms with E-state index >= 15 is 0 Å². The number of ketones is 2. The molecule has 2 N–H and O–H groups in total. The first-order valence-electron chi connectivity index (χ1n) is 10.4. The molecule has 1 aromatic rings. The average molecular weight is 398 g/mol. The zero-order chi connectivity index (χ0) is 20.5. The molecule has 1 saturated heterocycles. The highest BCUT2D eigenvalue weighted by molar-refractivity contribution is 6.21. The summed E-state index contributed by atoms with van der Waals surface area (Å²) in [5.74, 6) is -0.175. The van der Waals surface area contributed by atoms with E-state index in [0.717, 1.165) is 44.8 Å². The molecule has 29 heavy (non-hydrogen) atoms. The van der Waals surface area contributed by atoms with E-state index < -0.39 is 0 Å². The van der Waals surface area contributed by atoms with Crippen LogP contribution in [-0.4, -0.2) is 78.9 Å². The van der Waals surface area contributed by atoms with Gasteiger partial charge in [0.05, 0.1) is 12.2 Å². The van der Waals surface area contributed by atoms with Crippen LogP contribution in [0.25, 0.3) is 6.08 Å². The monoisotopic (exact) mass is 397 g/mol. The molecule has 1 aromatic carbocycles. The molecule has 1 aliphatic carbocycles. The molecule has 1 heterocycles. The predicted octanol–water partition coefficient (Wildman–Crippen LogP) is 1.33. The first-order valence-corrected chi connectivity index (χ1v) is 10.4. The van der Waals surface area contributed by atoms with Crippen LogP contribution in [0.15, 0.2) is 48.2 Å². The van der Waals surface area contributed by atoms with Gasteiger partial charge in [-0.1, -0.05) is 42.5 Å². The Hall–Kier alpha value is -2.28. The Bertz CT molecular complexity index is 717. The highest BCUT2D eigenvalue weighted by atomic mass is 16.3. The Balaban J connectivity index is 1.41. The third-order valence-electron chi connectivity index (χ3n) is 5.56. The smallest absolute Gasteiger partial charge is 0.168 e. The van der Waals surface area contributed by atoms with Gasteiger partial charge >= 0.3 is 0 Å². The van der Waals surface area contributed by atoms with E-state index in [1.165, 1.54) is 0 Å². The van der Waals surface area contributed by atoms with E-state index in [4.69, 9.17) is 5.11 Å². The van der Waals surface area contributed by atoms with Crippen molar-refractivity contribution in [1.29, 1.82) is 0 Å². The van der Waals surface area contributed by atoms with Crippen molar-refractivity contribution in [2.45, 2.75) is 12.8 Å².